The van der Waals surface area contributed by atoms with Crippen molar-refractivity contribution in [3.63, 3.8) is 0 Å². The third kappa shape index (κ3) is 8.78. The number of nitrogens with one attached hydrogen (secondary N) is 2. The van der Waals surface area contributed by atoms with Crippen LogP contribution < -0.4 is 15.5 Å². The van der Waals surface area contributed by atoms with Gasteiger partial charge in [0.25, 0.3) is 0 Å². The van der Waals surface area contributed by atoms with E-state index in [-0.39, 0.29) is 72.5 Å². The van der Waals surface area contributed by atoms with Gasteiger partial charge in [0, 0.05) is 56.6 Å². The van der Waals surface area contributed by atoms with E-state index in [2.05, 4.69) is 27.5 Å². The van der Waals surface area contributed by atoms with Gasteiger partial charge >= 0.3 is 11.9 Å². The topological polar surface area (TPSA) is 204 Å². The summed E-state index contributed by atoms with van der Waals surface area (Å²) in [7, 11) is 3.83. The number of ether oxygens (including phenoxy) is 4. The van der Waals surface area contributed by atoms with Gasteiger partial charge in [0.2, 0.25) is 5.91 Å². The third-order valence-electron chi connectivity index (χ3n) is 14.6. The first-order valence-electron chi connectivity index (χ1n) is 22.1. The number of hydrogen-bond donors (Lipinski definition) is 4. The number of hydrogen-bond acceptors (Lipinski definition) is 15. The van der Waals surface area contributed by atoms with Crippen LogP contribution in [0.2, 0.25) is 0 Å². The fourth-order valence-corrected chi connectivity index (χ4v) is 10.8. The van der Waals surface area contributed by atoms with Crippen LogP contribution in [-0.2, 0) is 38.1 Å². The van der Waals surface area contributed by atoms with Crippen molar-refractivity contribution in [1.82, 2.24) is 15.5 Å². The molecule has 0 aromatic heterocycles. The minimum atomic E-state index is -0.883. The molecule has 338 valence electrons. The number of morpholine rings is 1. The van der Waals surface area contributed by atoms with Crippen LogP contribution >= 0.6 is 0 Å². The number of epoxide rings is 1. The van der Waals surface area contributed by atoms with E-state index in [1.807, 2.05) is 45.0 Å². The van der Waals surface area contributed by atoms with Crippen LogP contribution in [0.3, 0.4) is 0 Å². The molecule has 1 aromatic rings. The number of allylic oxidation sites excluding steroid dienone is 1. The second-order valence-electron chi connectivity index (χ2n) is 18.5. The molecule has 16 heteroatoms. The number of amidine groups is 1. The molecule has 6 aliphatic rings. The van der Waals surface area contributed by atoms with E-state index in [1.165, 1.54) is 0 Å². The molecule has 62 heavy (non-hydrogen) atoms. The molecule has 4 fully saturated rings. The lowest BCUT2D eigenvalue weighted by Gasteiger charge is -2.63. The molecular formula is C46H64N6O10. The molecule has 10 atom stereocenters. The number of aliphatic hydroxyl groups is 2. The van der Waals surface area contributed by atoms with Gasteiger partial charge in [-0.25, -0.2) is 14.6 Å². The Morgan fingerprint density at radius 3 is 2.42 bits per heavy atom. The van der Waals surface area contributed by atoms with E-state index in [1.54, 1.807) is 43.2 Å². The Bertz CT molecular complexity index is 2010. The van der Waals surface area contributed by atoms with Crippen LogP contribution in [0.1, 0.15) is 72.3 Å². The first kappa shape index (κ1) is 45.7. The van der Waals surface area contributed by atoms with Gasteiger partial charge in [-0.3, -0.25) is 14.6 Å². The summed E-state index contributed by atoms with van der Waals surface area (Å²) in [6.45, 7) is 12.0. The summed E-state index contributed by atoms with van der Waals surface area (Å²) >= 11 is 0. The number of benzene rings is 1. The standard InChI is InChI=1S/C46H64N6O10/c1-8-60-43(58)40(29-9-11-30(12-10-29)51(6)7)34-21-31(42(57)62-34)32(49-27(2)33(54)23-39-47-15-16-48-39)22-36-44(4)14-13-38(55)45(5,25-53)35(44)24-37(46(36)26-61-46)50-28(3)41(56)52-17-19-59-20-18-52/h9-12,15,21,27-28,32,35-38,49-50,53,55H,8,13-14,16-20,22-26H2,1-7H3/b40-34-/t27?,28?,32?,35?,36?,37?,38-,44+,45+,46?/m1/s1. The molecule has 4 aliphatic heterocycles. The van der Waals surface area contributed by atoms with Crippen molar-refractivity contribution in [2.45, 2.75) is 103 Å². The lowest BCUT2D eigenvalue weighted by molar-refractivity contribution is -0.185. The average molecular weight is 861 g/mol. The number of esters is 2. The number of cyclic esters (lactones) is 1. The first-order chi connectivity index (χ1) is 29.6. The van der Waals surface area contributed by atoms with E-state index in [9.17, 15) is 29.4 Å². The number of anilines is 1. The highest BCUT2D eigenvalue weighted by atomic mass is 16.6. The van der Waals surface area contributed by atoms with Gasteiger partial charge in [0.15, 0.2) is 5.78 Å². The largest absolute Gasteiger partial charge is 0.462 e. The molecule has 7 rings (SSSR count). The zero-order chi connectivity index (χ0) is 44.6. The number of carbonyl (C=O) groups is 4. The normalized spacial score (nSPS) is 32.6. The Morgan fingerprint density at radius 1 is 1.10 bits per heavy atom. The molecule has 16 nitrogen and oxygen atoms in total. The van der Waals surface area contributed by atoms with E-state index >= 15 is 0 Å². The van der Waals surface area contributed by atoms with Gasteiger partial charge in [-0.1, -0.05) is 26.0 Å². The Morgan fingerprint density at radius 2 is 1.81 bits per heavy atom. The number of rotatable bonds is 16. The maximum atomic E-state index is 14.3. The highest BCUT2D eigenvalue weighted by molar-refractivity contribution is 6.19. The Kier molecular flexibility index (Phi) is 13.6. The second-order valence-corrected chi connectivity index (χ2v) is 18.5. The molecule has 4 heterocycles. The lowest BCUT2D eigenvalue weighted by Crippen LogP contribution is -2.68. The molecule has 2 aliphatic carbocycles. The molecular weight excluding hydrogens is 797 g/mol. The van der Waals surface area contributed by atoms with Crippen LogP contribution in [-0.4, -0.2) is 153 Å². The minimum absolute atomic E-state index is 0.00600. The number of carbonyl (C=O) groups excluding carboxylic acids is 4. The molecule has 0 bridgehead atoms. The Labute approximate surface area is 364 Å². The summed E-state index contributed by atoms with van der Waals surface area (Å²) in [6, 6.07) is 4.80. The van der Waals surface area contributed by atoms with E-state index in [0.29, 0.717) is 70.1 Å². The molecule has 1 spiro atoms. The molecule has 7 unspecified atom stereocenters. The predicted octanol–water partition coefficient (Wildman–Crippen LogP) is 2.46. The van der Waals surface area contributed by atoms with Crippen molar-refractivity contribution in [3.8, 4) is 0 Å². The third-order valence-corrected chi connectivity index (χ3v) is 14.6. The van der Waals surface area contributed by atoms with Crippen LogP contribution in [0.25, 0.3) is 5.57 Å². The van der Waals surface area contributed by atoms with E-state index < -0.39 is 52.6 Å². The zero-order valence-corrected chi connectivity index (χ0v) is 37.1. The fourth-order valence-electron chi connectivity index (χ4n) is 10.8. The van der Waals surface area contributed by atoms with Crippen molar-refractivity contribution < 1.29 is 48.3 Å². The number of aliphatic imine (C=N–C) groups is 2. The Hall–Kier alpha value is -4.32. The number of amides is 1. The highest BCUT2D eigenvalue weighted by Crippen LogP contribution is 2.66. The average Bonchev–Trinajstić information content (AvgIpc) is 3.70. The molecule has 4 N–H and O–H groups in total. The molecule has 1 aromatic carbocycles. The maximum absolute atomic E-state index is 14.3. The van der Waals surface area contributed by atoms with Crippen molar-refractivity contribution >= 4 is 46.9 Å². The van der Waals surface area contributed by atoms with E-state index in [4.69, 9.17) is 18.9 Å². The van der Waals surface area contributed by atoms with Gasteiger partial charge < -0.3 is 49.6 Å². The van der Waals surface area contributed by atoms with Gasteiger partial charge in [0.1, 0.15) is 22.8 Å². The first-order valence-corrected chi connectivity index (χ1v) is 22.1. The molecule has 2 saturated carbocycles. The van der Waals surface area contributed by atoms with Gasteiger partial charge in [0.05, 0.1) is 69.8 Å². The predicted molar refractivity (Wildman–Crippen MR) is 233 cm³/mol. The summed E-state index contributed by atoms with van der Waals surface area (Å²) in [5, 5.41) is 29.8. The molecule has 0 radical (unpaired) electrons. The summed E-state index contributed by atoms with van der Waals surface area (Å²) in [6.07, 6.45) is 4.35. The SMILES string of the molecule is CCOC(=O)/C(=C1/C=C(C(CC2C3(CO3)C(NC(C)C(=O)N3CCOCC3)CC3[C@]2(C)CC[C@@H](O)[C@@]3(C)CO)NC(C)C(=O)CC2=NCC=N2)C(=O)O1)c1ccc(N(C)C)cc1. The van der Waals surface area contributed by atoms with Gasteiger partial charge in [-0.2, -0.15) is 0 Å². The van der Waals surface area contributed by atoms with Crippen molar-refractivity contribution in [1.29, 1.82) is 0 Å². The maximum Gasteiger partial charge on any atom is 0.342 e. The summed E-state index contributed by atoms with van der Waals surface area (Å²) < 4.78 is 23.6. The fraction of sp³-hybridized carbons (Fsp3) is 0.652. The van der Waals surface area contributed by atoms with Crippen molar-refractivity contribution in [3.05, 3.63) is 47.2 Å². The van der Waals surface area contributed by atoms with Crippen LogP contribution in [0, 0.1) is 22.7 Å². The summed E-state index contributed by atoms with van der Waals surface area (Å²) in [4.78, 5) is 67.9. The monoisotopic (exact) mass is 860 g/mol. The van der Waals surface area contributed by atoms with Gasteiger partial charge in [-0.05, 0) is 87.5 Å². The quantitative estimate of drug-likeness (QED) is 0.107. The molecule has 2 saturated heterocycles. The lowest BCUT2D eigenvalue weighted by atomic mass is 9.43. The minimum Gasteiger partial charge on any atom is -0.462 e. The van der Waals surface area contributed by atoms with Gasteiger partial charge in [-0.15, -0.1) is 0 Å². The van der Waals surface area contributed by atoms with Crippen molar-refractivity contribution in [2.24, 2.45) is 32.7 Å². The highest BCUT2D eigenvalue weighted by Gasteiger charge is 2.71. The van der Waals surface area contributed by atoms with Crippen LogP contribution in [0.15, 0.2) is 51.7 Å². The Balaban J connectivity index is 1.30. The second kappa shape index (κ2) is 18.4. The van der Waals surface area contributed by atoms with Crippen LogP contribution in [0.4, 0.5) is 5.69 Å². The molecule has 1 amide bonds. The zero-order valence-electron chi connectivity index (χ0n) is 37.1. The summed E-state index contributed by atoms with van der Waals surface area (Å²) in [5.41, 5.74) is -0.459. The summed E-state index contributed by atoms with van der Waals surface area (Å²) in [5.74, 6) is -1.60. The number of ketones is 1. The number of nitrogens with zero attached hydrogens (tertiary/aromatic N) is 4. The van der Waals surface area contributed by atoms with Crippen molar-refractivity contribution in [2.75, 3.05) is 71.7 Å². The number of fused-ring (bicyclic) bond motifs is 1. The van der Waals surface area contributed by atoms with Crippen LogP contribution in [0.5, 0.6) is 0 Å². The number of aliphatic hydroxyl groups excluding tert-OH is 2. The smallest absolute Gasteiger partial charge is 0.342 e. The van der Waals surface area contributed by atoms with E-state index in [0.717, 1.165) is 5.69 Å². The number of Topliss-reactive ketones (excluding diaryl/α,β-unsaturated/α-hetero) is 1.